The SMILES string of the molecule is CCCc1ccc(-c2ccc(CC)cc2)c(F)c1. The van der Waals surface area contributed by atoms with Crippen molar-refractivity contribution in [3.63, 3.8) is 0 Å². The zero-order valence-corrected chi connectivity index (χ0v) is 11.0. The lowest BCUT2D eigenvalue weighted by Gasteiger charge is -2.07. The molecule has 18 heavy (non-hydrogen) atoms. The average molecular weight is 242 g/mol. The van der Waals surface area contributed by atoms with E-state index >= 15 is 0 Å². The van der Waals surface area contributed by atoms with Crippen molar-refractivity contribution >= 4 is 0 Å². The molecule has 0 aliphatic heterocycles. The summed E-state index contributed by atoms with van der Waals surface area (Å²) in [4.78, 5) is 0. The minimum atomic E-state index is -0.120. The van der Waals surface area contributed by atoms with Crippen molar-refractivity contribution in [3.05, 3.63) is 59.4 Å². The van der Waals surface area contributed by atoms with Crippen molar-refractivity contribution in [2.75, 3.05) is 0 Å². The molecular formula is C17H19F. The van der Waals surface area contributed by atoms with Crippen LogP contribution in [0.5, 0.6) is 0 Å². The Morgan fingerprint density at radius 1 is 0.889 bits per heavy atom. The molecule has 0 N–H and O–H groups in total. The number of benzene rings is 2. The van der Waals surface area contributed by atoms with Gasteiger partial charge in [-0.15, -0.1) is 0 Å². The lowest BCUT2D eigenvalue weighted by Crippen LogP contribution is -1.89. The summed E-state index contributed by atoms with van der Waals surface area (Å²) in [6.07, 6.45) is 2.99. The summed E-state index contributed by atoms with van der Waals surface area (Å²) in [6.45, 7) is 4.23. The van der Waals surface area contributed by atoms with Crippen LogP contribution in [0.25, 0.3) is 11.1 Å². The van der Waals surface area contributed by atoms with Gasteiger partial charge in [-0.3, -0.25) is 0 Å². The number of hydrogen-bond donors (Lipinski definition) is 0. The van der Waals surface area contributed by atoms with Gasteiger partial charge in [-0.25, -0.2) is 4.39 Å². The summed E-state index contributed by atoms with van der Waals surface area (Å²) >= 11 is 0. The molecule has 0 fully saturated rings. The van der Waals surface area contributed by atoms with E-state index in [-0.39, 0.29) is 5.82 Å². The second-order valence-electron chi connectivity index (χ2n) is 4.61. The summed E-state index contributed by atoms with van der Waals surface area (Å²) in [6, 6.07) is 13.7. The molecule has 0 heterocycles. The van der Waals surface area contributed by atoms with Gasteiger partial charge in [0.25, 0.3) is 0 Å². The van der Waals surface area contributed by atoms with Crippen molar-refractivity contribution in [1.29, 1.82) is 0 Å². The zero-order valence-electron chi connectivity index (χ0n) is 11.0. The third-order valence-electron chi connectivity index (χ3n) is 3.25. The first kappa shape index (κ1) is 12.8. The molecule has 0 saturated carbocycles. The first-order chi connectivity index (χ1) is 8.74. The fourth-order valence-electron chi connectivity index (χ4n) is 2.16. The minimum Gasteiger partial charge on any atom is -0.206 e. The molecule has 1 heteroatoms. The van der Waals surface area contributed by atoms with Gasteiger partial charge in [0.1, 0.15) is 5.82 Å². The highest BCUT2D eigenvalue weighted by molar-refractivity contribution is 5.64. The van der Waals surface area contributed by atoms with Gasteiger partial charge in [0.05, 0.1) is 0 Å². The van der Waals surface area contributed by atoms with E-state index < -0.39 is 0 Å². The predicted octanol–water partition coefficient (Wildman–Crippen LogP) is 5.01. The van der Waals surface area contributed by atoms with Crippen LogP contribution in [0.15, 0.2) is 42.5 Å². The third-order valence-corrected chi connectivity index (χ3v) is 3.25. The molecule has 0 atom stereocenters. The summed E-state index contributed by atoms with van der Waals surface area (Å²) in [5, 5.41) is 0. The van der Waals surface area contributed by atoms with E-state index in [1.54, 1.807) is 6.07 Å². The maximum atomic E-state index is 14.0. The van der Waals surface area contributed by atoms with Crippen LogP contribution in [-0.2, 0) is 12.8 Å². The maximum Gasteiger partial charge on any atom is 0.131 e. The summed E-state index contributed by atoms with van der Waals surface area (Å²) in [7, 11) is 0. The molecule has 94 valence electrons. The highest BCUT2D eigenvalue weighted by Crippen LogP contribution is 2.24. The Hall–Kier alpha value is -1.63. The first-order valence-electron chi connectivity index (χ1n) is 6.62. The quantitative estimate of drug-likeness (QED) is 0.707. The molecule has 0 radical (unpaired) electrons. The predicted molar refractivity (Wildman–Crippen MR) is 75.2 cm³/mol. The van der Waals surface area contributed by atoms with Gasteiger partial charge in [-0.1, -0.05) is 56.7 Å². The van der Waals surface area contributed by atoms with Crippen LogP contribution in [0, 0.1) is 5.82 Å². The second-order valence-corrected chi connectivity index (χ2v) is 4.61. The van der Waals surface area contributed by atoms with Crippen LogP contribution in [0.4, 0.5) is 4.39 Å². The lowest BCUT2D eigenvalue weighted by atomic mass is 10.00. The molecule has 2 aromatic carbocycles. The van der Waals surface area contributed by atoms with Crippen LogP contribution in [0.3, 0.4) is 0 Å². The van der Waals surface area contributed by atoms with Gasteiger partial charge < -0.3 is 0 Å². The van der Waals surface area contributed by atoms with Crippen LogP contribution < -0.4 is 0 Å². The molecule has 0 aromatic heterocycles. The van der Waals surface area contributed by atoms with E-state index in [1.165, 1.54) is 5.56 Å². The molecular weight excluding hydrogens is 223 g/mol. The summed E-state index contributed by atoms with van der Waals surface area (Å²) in [5.74, 6) is -0.120. The number of aryl methyl sites for hydroxylation is 2. The molecule has 2 rings (SSSR count). The normalized spacial score (nSPS) is 10.6. The Kier molecular flexibility index (Phi) is 4.14. The fraction of sp³-hybridized carbons (Fsp3) is 0.294. The van der Waals surface area contributed by atoms with Gasteiger partial charge in [-0.2, -0.15) is 0 Å². The molecule has 0 aliphatic carbocycles. The molecule has 0 unspecified atom stereocenters. The monoisotopic (exact) mass is 242 g/mol. The zero-order chi connectivity index (χ0) is 13.0. The van der Waals surface area contributed by atoms with Crippen molar-refractivity contribution in [2.24, 2.45) is 0 Å². The Morgan fingerprint density at radius 2 is 1.56 bits per heavy atom. The average Bonchev–Trinajstić information content (AvgIpc) is 2.40. The van der Waals surface area contributed by atoms with Crippen LogP contribution in [0.2, 0.25) is 0 Å². The molecule has 0 saturated heterocycles. The van der Waals surface area contributed by atoms with Crippen LogP contribution in [0.1, 0.15) is 31.4 Å². The van der Waals surface area contributed by atoms with Crippen LogP contribution in [-0.4, -0.2) is 0 Å². The lowest BCUT2D eigenvalue weighted by molar-refractivity contribution is 0.628. The van der Waals surface area contributed by atoms with E-state index in [1.807, 2.05) is 24.3 Å². The Bertz CT molecular complexity index is 512. The van der Waals surface area contributed by atoms with Gasteiger partial charge in [0.2, 0.25) is 0 Å². The van der Waals surface area contributed by atoms with Crippen molar-refractivity contribution in [1.82, 2.24) is 0 Å². The van der Waals surface area contributed by atoms with Crippen molar-refractivity contribution in [2.45, 2.75) is 33.1 Å². The van der Waals surface area contributed by atoms with Gasteiger partial charge in [0.15, 0.2) is 0 Å². The molecule has 0 amide bonds. The van der Waals surface area contributed by atoms with Gasteiger partial charge in [0, 0.05) is 5.56 Å². The fourth-order valence-corrected chi connectivity index (χ4v) is 2.16. The van der Waals surface area contributed by atoms with E-state index in [0.717, 1.165) is 30.4 Å². The minimum absolute atomic E-state index is 0.120. The molecule has 0 nitrogen and oxygen atoms in total. The maximum absolute atomic E-state index is 14.0. The summed E-state index contributed by atoms with van der Waals surface area (Å²) < 4.78 is 14.0. The second kappa shape index (κ2) is 5.81. The Balaban J connectivity index is 2.32. The van der Waals surface area contributed by atoms with Crippen molar-refractivity contribution < 1.29 is 4.39 Å². The molecule has 0 spiro atoms. The topological polar surface area (TPSA) is 0 Å². The number of rotatable bonds is 4. The van der Waals surface area contributed by atoms with E-state index in [4.69, 9.17) is 0 Å². The van der Waals surface area contributed by atoms with E-state index in [9.17, 15) is 4.39 Å². The first-order valence-corrected chi connectivity index (χ1v) is 6.62. The third kappa shape index (κ3) is 2.79. The smallest absolute Gasteiger partial charge is 0.131 e. The van der Waals surface area contributed by atoms with E-state index in [0.29, 0.717) is 5.56 Å². The number of halogens is 1. The number of hydrogen-bond acceptors (Lipinski definition) is 0. The highest BCUT2D eigenvalue weighted by Gasteiger charge is 2.05. The Labute approximate surface area is 108 Å². The highest BCUT2D eigenvalue weighted by atomic mass is 19.1. The molecule has 0 bridgehead atoms. The standard InChI is InChI=1S/C17H19F/c1-3-5-14-8-11-16(17(18)12-14)15-9-6-13(4-2)7-10-15/h6-12H,3-5H2,1-2H3. The van der Waals surface area contributed by atoms with E-state index in [2.05, 4.69) is 26.0 Å². The van der Waals surface area contributed by atoms with Crippen molar-refractivity contribution in [3.8, 4) is 11.1 Å². The van der Waals surface area contributed by atoms with Gasteiger partial charge >= 0.3 is 0 Å². The largest absolute Gasteiger partial charge is 0.206 e. The molecule has 2 aromatic rings. The molecule has 0 aliphatic rings. The van der Waals surface area contributed by atoms with Gasteiger partial charge in [-0.05, 0) is 35.6 Å². The Morgan fingerprint density at radius 3 is 2.11 bits per heavy atom. The van der Waals surface area contributed by atoms with Crippen LogP contribution >= 0.6 is 0 Å². The summed E-state index contributed by atoms with van der Waals surface area (Å²) in [5.41, 5.74) is 4.00.